The van der Waals surface area contributed by atoms with Gasteiger partial charge in [0, 0.05) is 37.1 Å². The van der Waals surface area contributed by atoms with Crippen LogP contribution in [-0.2, 0) is 6.54 Å². The minimum absolute atomic E-state index is 0.384. The number of nitrogens with zero attached hydrogens (tertiary/aromatic N) is 5. The number of nitriles is 1. The van der Waals surface area contributed by atoms with Crippen molar-refractivity contribution < 1.29 is 4.74 Å². The van der Waals surface area contributed by atoms with Crippen LogP contribution in [0, 0.1) is 18.3 Å². The van der Waals surface area contributed by atoms with Gasteiger partial charge in [0.15, 0.2) is 0 Å². The molecule has 3 N–H and O–H groups in total. The van der Waals surface area contributed by atoms with Crippen LogP contribution < -0.4 is 20.7 Å². The molecule has 0 spiro atoms. The van der Waals surface area contributed by atoms with Gasteiger partial charge in [-0.3, -0.25) is 0 Å². The summed E-state index contributed by atoms with van der Waals surface area (Å²) in [6.45, 7) is 2.55. The highest BCUT2D eigenvalue weighted by atomic mass is 16.5. The Labute approximate surface area is 163 Å². The monoisotopic (exact) mass is 378 g/mol. The second-order valence-corrected chi connectivity index (χ2v) is 6.07. The number of benzene rings is 1. The molecule has 0 unspecified atom stereocenters. The van der Waals surface area contributed by atoms with Gasteiger partial charge in [0.2, 0.25) is 5.95 Å². The van der Waals surface area contributed by atoms with Gasteiger partial charge in [0.1, 0.15) is 28.9 Å². The summed E-state index contributed by atoms with van der Waals surface area (Å²) in [6.07, 6.45) is 3.61. The molecule has 0 atom stereocenters. The fourth-order valence-electron chi connectivity index (χ4n) is 2.83. The number of hydrogen-bond donors (Lipinski definition) is 3. The Balaban J connectivity index is 2.08. The number of aryl methyl sites for hydroxylation is 1. The molecule has 28 heavy (non-hydrogen) atoms. The first-order chi connectivity index (χ1) is 13.6. The summed E-state index contributed by atoms with van der Waals surface area (Å²) in [4.78, 5) is 8.78. The largest absolute Gasteiger partial charge is 0.494 e. The van der Waals surface area contributed by atoms with Crippen LogP contribution in [0.1, 0.15) is 16.8 Å². The van der Waals surface area contributed by atoms with E-state index in [1.807, 2.05) is 26.2 Å². The van der Waals surface area contributed by atoms with Gasteiger partial charge in [-0.05, 0) is 26.1 Å². The van der Waals surface area contributed by atoms with E-state index in [-0.39, 0.29) is 0 Å². The number of rotatable bonds is 7. The van der Waals surface area contributed by atoms with E-state index in [0.717, 1.165) is 11.3 Å². The predicted octanol–water partition coefficient (Wildman–Crippen LogP) is 2.36. The third-order valence-corrected chi connectivity index (χ3v) is 4.08. The van der Waals surface area contributed by atoms with Gasteiger partial charge in [0.25, 0.3) is 0 Å². The van der Waals surface area contributed by atoms with Crippen molar-refractivity contribution in [2.75, 3.05) is 31.8 Å². The number of ether oxygens (including phenoxy) is 1. The third-order valence-electron chi connectivity index (χ3n) is 4.08. The number of nitrogens with one attached hydrogen (secondary N) is 3. The molecular formula is C19H22N8O. The summed E-state index contributed by atoms with van der Waals surface area (Å²) < 4.78 is 7.12. The third kappa shape index (κ3) is 3.87. The average molecular weight is 378 g/mol. The molecule has 0 saturated heterocycles. The van der Waals surface area contributed by atoms with E-state index in [2.05, 4.69) is 37.1 Å². The number of methoxy groups -OCH3 is 1. The molecule has 3 aromatic rings. The molecule has 2 heterocycles. The second kappa shape index (κ2) is 8.37. The van der Waals surface area contributed by atoms with Crippen molar-refractivity contribution in [3.63, 3.8) is 0 Å². The average Bonchev–Trinajstić information content (AvgIpc) is 3.15. The lowest BCUT2D eigenvalue weighted by molar-refractivity contribution is 0.411. The summed E-state index contributed by atoms with van der Waals surface area (Å²) in [5.41, 5.74) is 3.30. The Morgan fingerprint density at radius 2 is 2.07 bits per heavy atom. The molecule has 0 amide bonds. The molecule has 1 aromatic carbocycles. The Morgan fingerprint density at radius 3 is 2.75 bits per heavy atom. The summed E-state index contributed by atoms with van der Waals surface area (Å²) in [7, 11) is 5.22. The lowest BCUT2D eigenvalue weighted by Crippen LogP contribution is -2.07. The molecule has 0 saturated carbocycles. The topological polar surface area (TPSA) is 113 Å². The zero-order chi connectivity index (χ0) is 20.1. The Bertz CT molecular complexity index is 1020. The van der Waals surface area contributed by atoms with Crippen molar-refractivity contribution in [2.24, 2.45) is 0 Å². The van der Waals surface area contributed by atoms with Gasteiger partial charge in [-0.2, -0.15) is 15.3 Å². The van der Waals surface area contributed by atoms with Gasteiger partial charge in [-0.1, -0.05) is 0 Å². The standard InChI is InChI=1S/C19H22N8O/c1-12-7-17(22-3)26-19(24-12)25-15-5-6-16(28-4)18(14(15)8-20)27-11-13(9-21-2)10-23-27/h5-7,10-11,21H,9H2,1-4H3,(H2,22,24,25,26). The zero-order valence-electron chi connectivity index (χ0n) is 16.2. The highest BCUT2D eigenvalue weighted by Gasteiger charge is 2.18. The molecule has 0 fully saturated rings. The van der Waals surface area contributed by atoms with E-state index in [1.54, 1.807) is 37.2 Å². The minimum atomic E-state index is 0.384. The Hall–Kier alpha value is -3.64. The van der Waals surface area contributed by atoms with Crippen molar-refractivity contribution in [1.82, 2.24) is 25.1 Å². The summed E-state index contributed by atoms with van der Waals surface area (Å²) in [5, 5.41) is 23.5. The summed E-state index contributed by atoms with van der Waals surface area (Å²) in [6, 6.07) is 7.64. The first-order valence-electron chi connectivity index (χ1n) is 8.69. The Morgan fingerprint density at radius 1 is 1.25 bits per heavy atom. The fourth-order valence-corrected chi connectivity index (χ4v) is 2.83. The number of anilines is 3. The zero-order valence-corrected chi connectivity index (χ0v) is 16.2. The maximum atomic E-state index is 9.87. The fraction of sp³-hybridized carbons (Fsp3) is 0.263. The summed E-state index contributed by atoms with van der Waals surface area (Å²) >= 11 is 0. The van der Waals surface area contributed by atoms with E-state index >= 15 is 0 Å². The lowest BCUT2D eigenvalue weighted by atomic mass is 10.1. The minimum Gasteiger partial charge on any atom is -0.494 e. The van der Waals surface area contributed by atoms with Crippen LogP contribution in [0.4, 0.5) is 17.5 Å². The quantitative estimate of drug-likeness (QED) is 0.574. The van der Waals surface area contributed by atoms with Crippen molar-refractivity contribution in [2.45, 2.75) is 13.5 Å². The molecule has 9 heteroatoms. The molecule has 2 aromatic heterocycles. The van der Waals surface area contributed by atoms with E-state index in [1.165, 1.54) is 0 Å². The molecule has 0 aliphatic heterocycles. The summed E-state index contributed by atoms with van der Waals surface area (Å²) in [5.74, 6) is 1.63. The molecule has 9 nitrogen and oxygen atoms in total. The van der Waals surface area contributed by atoms with Crippen molar-refractivity contribution in [3.05, 3.63) is 47.4 Å². The molecule has 0 radical (unpaired) electrons. The molecule has 144 valence electrons. The van der Waals surface area contributed by atoms with Crippen LogP contribution in [-0.4, -0.2) is 41.0 Å². The molecule has 3 rings (SSSR count). The smallest absolute Gasteiger partial charge is 0.229 e. The van der Waals surface area contributed by atoms with Crippen molar-refractivity contribution in [1.29, 1.82) is 5.26 Å². The predicted molar refractivity (Wildman–Crippen MR) is 107 cm³/mol. The highest BCUT2D eigenvalue weighted by molar-refractivity contribution is 5.73. The lowest BCUT2D eigenvalue weighted by Gasteiger charge is -2.15. The van der Waals surface area contributed by atoms with E-state index < -0.39 is 0 Å². The van der Waals surface area contributed by atoms with Gasteiger partial charge in [-0.15, -0.1) is 0 Å². The molecular weight excluding hydrogens is 356 g/mol. The molecule has 0 aliphatic carbocycles. The number of hydrogen-bond acceptors (Lipinski definition) is 8. The first-order valence-corrected chi connectivity index (χ1v) is 8.69. The van der Waals surface area contributed by atoms with Crippen molar-refractivity contribution in [3.8, 4) is 17.5 Å². The van der Waals surface area contributed by atoms with E-state index in [9.17, 15) is 5.26 Å². The van der Waals surface area contributed by atoms with Gasteiger partial charge >= 0.3 is 0 Å². The first kappa shape index (κ1) is 19.1. The van der Waals surface area contributed by atoms with Crippen LogP contribution in [0.5, 0.6) is 5.75 Å². The van der Waals surface area contributed by atoms with Gasteiger partial charge in [-0.25, -0.2) is 9.67 Å². The second-order valence-electron chi connectivity index (χ2n) is 6.07. The normalized spacial score (nSPS) is 10.4. The van der Waals surface area contributed by atoms with Crippen LogP contribution in [0.3, 0.4) is 0 Å². The highest BCUT2D eigenvalue weighted by Crippen LogP contribution is 2.33. The van der Waals surface area contributed by atoms with Crippen LogP contribution in [0.25, 0.3) is 5.69 Å². The molecule has 0 aliphatic rings. The van der Waals surface area contributed by atoms with Crippen LogP contribution in [0.15, 0.2) is 30.6 Å². The van der Waals surface area contributed by atoms with E-state index in [4.69, 9.17) is 4.74 Å². The maximum absolute atomic E-state index is 9.87. The van der Waals surface area contributed by atoms with Crippen LogP contribution in [0.2, 0.25) is 0 Å². The number of aromatic nitrogens is 4. The maximum Gasteiger partial charge on any atom is 0.229 e. The van der Waals surface area contributed by atoms with Gasteiger partial charge in [0.05, 0.1) is 19.0 Å². The SMILES string of the molecule is CNCc1cnn(-c2c(OC)ccc(Nc3nc(C)cc(NC)n3)c2C#N)c1. The molecule has 0 bridgehead atoms. The van der Waals surface area contributed by atoms with Crippen LogP contribution >= 0.6 is 0 Å². The van der Waals surface area contributed by atoms with Crippen molar-refractivity contribution >= 4 is 17.5 Å². The Kier molecular flexibility index (Phi) is 5.72. The van der Waals surface area contributed by atoms with E-state index in [0.29, 0.717) is 41.0 Å². The van der Waals surface area contributed by atoms with Gasteiger partial charge < -0.3 is 20.7 Å².